The van der Waals surface area contributed by atoms with Gasteiger partial charge in [-0.2, -0.15) is 4.39 Å². The molecule has 1 fully saturated rings. The lowest BCUT2D eigenvalue weighted by Gasteiger charge is -2.26. The number of hydrogen-bond donors (Lipinski definition) is 1. The third-order valence-electron chi connectivity index (χ3n) is 4.70. The van der Waals surface area contributed by atoms with Gasteiger partial charge in [0.15, 0.2) is 0 Å². The van der Waals surface area contributed by atoms with Crippen LogP contribution in [0.1, 0.15) is 24.1 Å². The summed E-state index contributed by atoms with van der Waals surface area (Å²) in [5.41, 5.74) is 1.04. The highest BCUT2D eigenvalue weighted by molar-refractivity contribution is 5.81. The van der Waals surface area contributed by atoms with E-state index in [-0.39, 0.29) is 17.6 Å². The summed E-state index contributed by atoms with van der Waals surface area (Å²) < 4.78 is 13.5. The molecule has 26 heavy (non-hydrogen) atoms. The number of nitrogens with zero attached hydrogens (tertiary/aromatic N) is 3. The molecule has 1 amide bonds. The largest absolute Gasteiger partial charge is 0.347 e. The minimum atomic E-state index is -0.855. The Morgan fingerprint density at radius 3 is 2.88 bits per heavy atom. The first-order valence-corrected chi connectivity index (χ1v) is 8.67. The highest BCUT2D eigenvalue weighted by atomic mass is 19.1. The lowest BCUT2D eigenvalue weighted by atomic mass is 10.1. The highest BCUT2D eigenvalue weighted by Gasteiger charge is 2.31. The number of halogens is 1. The minimum absolute atomic E-state index is 0.0744. The normalized spacial score (nSPS) is 17.5. The molecule has 1 atom stereocenters. The second kappa shape index (κ2) is 7.37. The Kier molecular flexibility index (Phi) is 5.18. The molecule has 1 aromatic heterocycles. The topological polar surface area (TPSA) is 69.3 Å². The molecule has 0 bridgehead atoms. The number of aryl methyl sites for hydroxylation is 1. The van der Waals surface area contributed by atoms with Gasteiger partial charge in [-0.1, -0.05) is 18.2 Å². The highest BCUT2D eigenvalue weighted by Crippen LogP contribution is 2.23. The fourth-order valence-corrected chi connectivity index (χ4v) is 3.35. The second-order valence-corrected chi connectivity index (χ2v) is 6.88. The summed E-state index contributed by atoms with van der Waals surface area (Å²) in [5.74, 6) is -0.385. The Hall–Kier alpha value is -2.54. The SMILES string of the molecule is Cc1nc(-c2cccc(CN3CCC[C@H]3C(=O)N(C)C)c2)[nH]c(=O)c1F. The number of aromatic amines is 1. The Morgan fingerprint density at radius 1 is 1.42 bits per heavy atom. The van der Waals surface area contributed by atoms with Gasteiger partial charge in [-0.05, 0) is 37.9 Å². The van der Waals surface area contributed by atoms with Crippen LogP contribution in [0, 0.1) is 12.7 Å². The number of likely N-dealkylation sites (tertiary alicyclic amines) is 1. The zero-order chi connectivity index (χ0) is 18.8. The molecule has 0 saturated carbocycles. The summed E-state index contributed by atoms with van der Waals surface area (Å²) in [6, 6.07) is 7.51. The zero-order valence-corrected chi connectivity index (χ0v) is 15.3. The summed E-state index contributed by atoms with van der Waals surface area (Å²) in [4.78, 5) is 34.4. The molecule has 6 nitrogen and oxygen atoms in total. The van der Waals surface area contributed by atoms with E-state index >= 15 is 0 Å². The van der Waals surface area contributed by atoms with Crippen molar-refractivity contribution in [2.24, 2.45) is 0 Å². The van der Waals surface area contributed by atoms with Gasteiger partial charge in [0.25, 0.3) is 5.56 Å². The number of H-pyrrole nitrogens is 1. The number of nitrogens with one attached hydrogen (secondary N) is 1. The maximum absolute atomic E-state index is 13.5. The Bertz CT molecular complexity index is 878. The van der Waals surface area contributed by atoms with Gasteiger partial charge >= 0.3 is 0 Å². The lowest BCUT2D eigenvalue weighted by Crippen LogP contribution is -2.42. The molecule has 1 aromatic carbocycles. The van der Waals surface area contributed by atoms with Crippen molar-refractivity contribution in [3.05, 3.63) is 51.7 Å². The first-order chi connectivity index (χ1) is 12.4. The van der Waals surface area contributed by atoms with Crippen molar-refractivity contribution in [1.29, 1.82) is 0 Å². The molecular formula is C19H23FN4O2. The van der Waals surface area contributed by atoms with Crippen LogP contribution in [-0.4, -0.2) is 52.4 Å². The molecule has 0 spiro atoms. The quantitative estimate of drug-likeness (QED) is 0.907. The van der Waals surface area contributed by atoms with Crippen LogP contribution >= 0.6 is 0 Å². The number of aromatic nitrogens is 2. The Labute approximate surface area is 151 Å². The van der Waals surface area contributed by atoms with Crippen LogP contribution in [0.25, 0.3) is 11.4 Å². The van der Waals surface area contributed by atoms with E-state index < -0.39 is 11.4 Å². The van der Waals surface area contributed by atoms with Crippen LogP contribution < -0.4 is 5.56 Å². The number of hydrogen-bond acceptors (Lipinski definition) is 4. The third-order valence-corrected chi connectivity index (χ3v) is 4.70. The fourth-order valence-electron chi connectivity index (χ4n) is 3.35. The van der Waals surface area contributed by atoms with Crippen molar-refractivity contribution in [3.63, 3.8) is 0 Å². The van der Waals surface area contributed by atoms with Crippen molar-refractivity contribution in [2.45, 2.75) is 32.4 Å². The number of benzene rings is 1. The smallest absolute Gasteiger partial charge is 0.287 e. The number of amides is 1. The van der Waals surface area contributed by atoms with Gasteiger partial charge in [0.1, 0.15) is 5.82 Å². The summed E-state index contributed by atoms with van der Waals surface area (Å²) >= 11 is 0. The van der Waals surface area contributed by atoms with E-state index in [1.165, 1.54) is 6.92 Å². The van der Waals surface area contributed by atoms with Crippen molar-refractivity contribution < 1.29 is 9.18 Å². The van der Waals surface area contributed by atoms with Crippen molar-refractivity contribution >= 4 is 5.91 Å². The predicted molar refractivity (Wildman–Crippen MR) is 97.1 cm³/mol. The van der Waals surface area contributed by atoms with E-state index in [9.17, 15) is 14.0 Å². The summed E-state index contributed by atoms with van der Waals surface area (Å²) in [5, 5.41) is 0. The van der Waals surface area contributed by atoms with E-state index in [2.05, 4.69) is 14.9 Å². The first-order valence-electron chi connectivity index (χ1n) is 8.67. The van der Waals surface area contributed by atoms with Crippen LogP contribution in [0.2, 0.25) is 0 Å². The third kappa shape index (κ3) is 3.67. The molecule has 1 saturated heterocycles. The average Bonchev–Trinajstić information content (AvgIpc) is 3.06. The van der Waals surface area contributed by atoms with E-state index in [0.29, 0.717) is 12.4 Å². The minimum Gasteiger partial charge on any atom is -0.347 e. The molecule has 1 aliphatic rings. The zero-order valence-electron chi connectivity index (χ0n) is 15.3. The van der Waals surface area contributed by atoms with E-state index in [1.54, 1.807) is 19.0 Å². The molecular weight excluding hydrogens is 335 g/mol. The Morgan fingerprint density at radius 2 is 2.19 bits per heavy atom. The summed E-state index contributed by atoms with van der Waals surface area (Å²) in [7, 11) is 3.55. The molecule has 0 unspecified atom stereocenters. The van der Waals surface area contributed by atoms with Gasteiger partial charge in [0.05, 0.1) is 11.7 Å². The van der Waals surface area contributed by atoms with Gasteiger partial charge in [-0.3, -0.25) is 14.5 Å². The first kappa shape index (κ1) is 18.3. The molecule has 7 heteroatoms. The molecule has 3 rings (SSSR count). The second-order valence-electron chi connectivity index (χ2n) is 6.88. The number of carbonyl (C=O) groups is 1. The van der Waals surface area contributed by atoms with Gasteiger partial charge < -0.3 is 9.88 Å². The van der Waals surface area contributed by atoms with Crippen LogP contribution in [0.4, 0.5) is 4.39 Å². The lowest BCUT2D eigenvalue weighted by molar-refractivity contribution is -0.133. The molecule has 1 aliphatic heterocycles. The monoisotopic (exact) mass is 358 g/mol. The van der Waals surface area contributed by atoms with E-state index in [4.69, 9.17) is 0 Å². The summed E-state index contributed by atoms with van der Waals surface area (Å²) in [6.45, 7) is 2.99. The van der Waals surface area contributed by atoms with Crippen molar-refractivity contribution in [3.8, 4) is 11.4 Å². The predicted octanol–water partition coefficient (Wildman–Crippen LogP) is 1.94. The number of likely N-dealkylation sites (N-methyl/N-ethyl adjacent to an activating group) is 1. The maximum Gasteiger partial charge on any atom is 0.287 e. The molecule has 2 heterocycles. The standard InChI is InChI=1S/C19H23FN4O2/c1-12-16(20)18(25)22-17(21-12)14-7-4-6-13(10-14)11-24-9-5-8-15(24)19(26)23(2)3/h4,6-7,10,15H,5,8-9,11H2,1-3H3,(H,21,22,25)/t15-/m0/s1. The molecule has 2 aromatic rings. The van der Waals surface area contributed by atoms with Crippen molar-refractivity contribution in [1.82, 2.24) is 19.8 Å². The molecule has 1 N–H and O–H groups in total. The molecule has 0 aliphatic carbocycles. The van der Waals surface area contributed by atoms with Crippen LogP contribution in [0.15, 0.2) is 29.1 Å². The maximum atomic E-state index is 13.5. The van der Waals surface area contributed by atoms with E-state index in [1.807, 2.05) is 24.3 Å². The number of rotatable bonds is 4. The van der Waals surface area contributed by atoms with Gasteiger partial charge in [-0.15, -0.1) is 0 Å². The van der Waals surface area contributed by atoms with Crippen LogP contribution in [-0.2, 0) is 11.3 Å². The Balaban J connectivity index is 1.84. The molecule has 0 radical (unpaired) electrons. The van der Waals surface area contributed by atoms with Crippen molar-refractivity contribution in [2.75, 3.05) is 20.6 Å². The number of carbonyl (C=O) groups excluding carboxylic acids is 1. The van der Waals surface area contributed by atoms with Crippen LogP contribution in [0.5, 0.6) is 0 Å². The molecule has 138 valence electrons. The van der Waals surface area contributed by atoms with Gasteiger partial charge in [0.2, 0.25) is 11.7 Å². The average molecular weight is 358 g/mol. The van der Waals surface area contributed by atoms with Gasteiger partial charge in [-0.25, -0.2) is 4.98 Å². The van der Waals surface area contributed by atoms with Gasteiger partial charge in [0, 0.05) is 26.2 Å². The summed E-state index contributed by atoms with van der Waals surface area (Å²) in [6.07, 6.45) is 1.86. The van der Waals surface area contributed by atoms with E-state index in [0.717, 1.165) is 30.5 Å². The van der Waals surface area contributed by atoms with Crippen LogP contribution in [0.3, 0.4) is 0 Å². The fraction of sp³-hybridized carbons (Fsp3) is 0.421.